The number of pyridine rings is 1. The molecule has 1 saturated heterocycles. The van der Waals surface area contributed by atoms with E-state index in [1.165, 1.54) is 49.0 Å². The highest BCUT2D eigenvalue weighted by Crippen LogP contribution is 2.25. The molecular formula is C18H25N3. The minimum absolute atomic E-state index is 1.000. The predicted octanol–water partition coefficient (Wildman–Crippen LogP) is 3.30. The highest BCUT2D eigenvalue weighted by molar-refractivity contribution is 5.83. The van der Waals surface area contributed by atoms with Crippen LogP contribution in [0.15, 0.2) is 24.3 Å². The maximum Gasteiger partial charge on any atom is 0.0706 e. The van der Waals surface area contributed by atoms with E-state index in [0.717, 1.165) is 24.2 Å². The molecule has 1 N–H and O–H groups in total. The second-order valence-corrected chi connectivity index (χ2v) is 6.01. The lowest BCUT2D eigenvalue weighted by Crippen LogP contribution is -2.29. The molecule has 21 heavy (non-hydrogen) atoms. The maximum absolute atomic E-state index is 4.77. The van der Waals surface area contributed by atoms with Gasteiger partial charge in [-0.2, -0.15) is 0 Å². The third-order valence-corrected chi connectivity index (χ3v) is 4.46. The summed E-state index contributed by atoms with van der Waals surface area (Å²) in [5, 5.41) is 4.49. The number of fused-ring (bicyclic) bond motifs is 1. The highest BCUT2D eigenvalue weighted by Gasteiger charge is 2.12. The number of piperidine rings is 1. The number of anilines is 1. The lowest BCUT2D eigenvalue weighted by Gasteiger charge is -2.29. The number of benzene rings is 1. The van der Waals surface area contributed by atoms with Crippen molar-refractivity contribution in [2.45, 2.75) is 32.6 Å². The number of nitrogens with zero attached hydrogens (tertiary/aromatic N) is 2. The van der Waals surface area contributed by atoms with Crippen molar-refractivity contribution < 1.29 is 0 Å². The van der Waals surface area contributed by atoms with Crippen LogP contribution >= 0.6 is 0 Å². The van der Waals surface area contributed by atoms with E-state index < -0.39 is 0 Å². The number of aromatic nitrogens is 1. The number of likely N-dealkylation sites (N-methyl/N-ethyl adjacent to an activating group) is 1. The number of rotatable bonds is 4. The van der Waals surface area contributed by atoms with Crippen LogP contribution in [0.4, 0.5) is 5.69 Å². The second kappa shape index (κ2) is 6.44. The summed E-state index contributed by atoms with van der Waals surface area (Å²) in [4.78, 5) is 7.28. The van der Waals surface area contributed by atoms with Crippen LogP contribution in [0.25, 0.3) is 10.9 Å². The molecule has 1 fully saturated rings. The maximum atomic E-state index is 4.77. The third-order valence-electron chi connectivity index (χ3n) is 4.46. The molecule has 0 amide bonds. The zero-order valence-electron chi connectivity index (χ0n) is 13.2. The molecule has 2 aromatic rings. The summed E-state index contributed by atoms with van der Waals surface area (Å²) in [7, 11) is 2.00. The van der Waals surface area contributed by atoms with E-state index in [1.807, 2.05) is 7.05 Å². The first-order chi connectivity index (χ1) is 10.3. The third kappa shape index (κ3) is 3.18. The van der Waals surface area contributed by atoms with E-state index >= 15 is 0 Å². The van der Waals surface area contributed by atoms with Crippen molar-refractivity contribution in [2.24, 2.45) is 0 Å². The highest BCUT2D eigenvalue weighted by atomic mass is 15.1. The molecule has 2 heterocycles. The zero-order valence-corrected chi connectivity index (χ0v) is 13.2. The topological polar surface area (TPSA) is 28.2 Å². The molecule has 0 bridgehead atoms. The van der Waals surface area contributed by atoms with Crippen LogP contribution in [0.1, 0.15) is 30.5 Å². The molecule has 0 aliphatic carbocycles. The van der Waals surface area contributed by atoms with Gasteiger partial charge in [0.2, 0.25) is 0 Å². The second-order valence-electron chi connectivity index (χ2n) is 6.01. The molecule has 0 unspecified atom stereocenters. The fourth-order valence-electron chi connectivity index (χ4n) is 3.17. The van der Waals surface area contributed by atoms with Crippen LogP contribution < -0.4 is 10.2 Å². The molecule has 1 aliphatic rings. The summed E-state index contributed by atoms with van der Waals surface area (Å²) in [5.41, 5.74) is 4.98. The molecule has 1 aliphatic heterocycles. The number of hydrogen-bond donors (Lipinski definition) is 1. The fraction of sp³-hybridized carbons (Fsp3) is 0.500. The van der Waals surface area contributed by atoms with Crippen LogP contribution in [0, 0.1) is 6.92 Å². The first-order valence-corrected chi connectivity index (χ1v) is 8.08. The normalized spacial score (nSPS) is 15.6. The number of hydrogen-bond acceptors (Lipinski definition) is 3. The summed E-state index contributed by atoms with van der Waals surface area (Å²) in [6.07, 6.45) is 5.05. The fourth-order valence-corrected chi connectivity index (χ4v) is 3.17. The van der Waals surface area contributed by atoms with Crippen molar-refractivity contribution in [3.05, 3.63) is 35.5 Å². The SMILES string of the molecule is CNCCc1cc2cc(N3CCCCC3)ccc2nc1C. The Balaban J connectivity index is 1.93. The number of nitrogens with one attached hydrogen (secondary N) is 1. The molecule has 1 aromatic heterocycles. The van der Waals surface area contributed by atoms with Gasteiger partial charge < -0.3 is 10.2 Å². The van der Waals surface area contributed by atoms with Crippen LogP contribution in [-0.4, -0.2) is 31.7 Å². The van der Waals surface area contributed by atoms with Gasteiger partial charge in [-0.1, -0.05) is 0 Å². The van der Waals surface area contributed by atoms with Gasteiger partial charge in [0.05, 0.1) is 5.52 Å². The molecule has 0 radical (unpaired) electrons. The van der Waals surface area contributed by atoms with E-state index in [2.05, 4.69) is 41.4 Å². The van der Waals surface area contributed by atoms with Crippen LogP contribution in [-0.2, 0) is 6.42 Å². The Hall–Kier alpha value is -1.61. The van der Waals surface area contributed by atoms with Gasteiger partial charge in [-0.05, 0) is 76.0 Å². The molecule has 112 valence electrons. The van der Waals surface area contributed by atoms with E-state index in [4.69, 9.17) is 4.98 Å². The molecule has 0 saturated carbocycles. The lowest BCUT2D eigenvalue weighted by molar-refractivity contribution is 0.578. The average molecular weight is 283 g/mol. The minimum atomic E-state index is 1.000. The summed E-state index contributed by atoms with van der Waals surface area (Å²) in [5.74, 6) is 0. The molecule has 3 rings (SSSR count). The standard InChI is InChI=1S/C18H25N3/c1-14-15(8-9-19-2)12-16-13-17(6-7-18(16)20-14)21-10-4-3-5-11-21/h6-7,12-13,19H,3-5,8-11H2,1-2H3. The van der Waals surface area contributed by atoms with E-state index in [1.54, 1.807) is 0 Å². The Morgan fingerprint density at radius 3 is 2.71 bits per heavy atom. The Labute approximate surface area is 127 Å². The van der Waals surface area contributed by atoms with Gasteiger partial charge in [-0.15, -0.1) is 0 Å². The lowest BCUT2D eigenvalue weighted by atomic mass is 10.1. The van der Waals surface area contributed by atoms with Gasteiger partial charge in [0, 0.05) is 29.9 Å². The zero-order chi connectivity index (χ0) is 14.7. The van der Waals surface area contributed by atoms with Crippen molar-refractivity contribution in [2.75, 3.05) is 31.6 Å². The van der Waals surface area contributed by atoms with E-state index in [9.17, 15) is 0 Å². The summed E-state index contributed by atoms with van der Waals surface area (Å²) < 4.78 is 0. The molecule has 0 atom stereocenters. The monoisotopic (exact) mass is 283 g/mol. The largest absolute Gasteiger partial charge is 0.372 e. The molecule has 3 nitrogen and oxygen atoms in total. The van der Waals surface area contributed by atoms with Crippen LogP contribution in [0.3, 0.4) is 0 Å². The van der Waals surface area contributed by atoms with E-state index in [0.29, 0.717) is 0 Å². The van der Waals surface area contributed by atoms with E-state index in [-0.39, 0.29) is 0 Å². The van der Waals surface area contributed by atoms with Gasteiger partial charge in [-0.3, -0.25) is 4.98 Å². The van der Waals surface area contributed by atoms with Gasteiger partial charge in [0.1, 0.15) is 0 Å². The average Bonchev–Trinajstić information content (AvgIpc) is 2.53. The van der Waals surface area contributed by atoms with Crippen LogP contribution in [0.5, 0.6) is 0 Å². The molecule has 3 heteroatoms. The number of aryl methyl sites for hydroxylation is 1. The Morgan fingerprint density at radius 1 is 1.14 bits per heavy atom. The van der Waals surface area contributed by atoms with Crippen molar-refractivity contribution in [1.29, 1.82) is 0 Å². The predicted molar refractivity (Wildman–Crippen MR) is 90.2 cm³/mol. The van der Waals surface area contributed by atoms with Gasteiger partial charge >= 0.3 is 0 Å². The Morgan fingerprint density at radius 2 is 1.95 bits per heavy atom. The van der Waals surface area contributed by atoms with Gasteiger partial charge in [0.15, 0.2) is 0 Å². The molecular weight excluding hydrogens is 258 g/mol. The van der Waals surface area contributed by atoms with Gasteiger partial charge in [0.25, 0.3) is 0 Å². The Kier molecular flexibility index (Phi) is 4.39. The first-order valence-electron chi connectivity index (χ1n) is 8.08. The van der Waals surface area contributed by atoms with Gasteiger partial charge in [-0.25, -0.2) is 0 Å². The molecule has 1 aromatic carbocycles. The van der Waals surface area contributed by atoms with Crippen molar-refractivity contribution >= 4 is 16.6 Å². The minimum Gasteiger partial charge on any atom is -0.372 e. The summed E-state index contributed by atoms with van der Waals surface area (Å²) in [6.45, 7) is 5.50. The van der Waals surface area contributed by atoms with Crippen molar-refractivity contribution in [3.8, 4) is 0 Å². The summed E-state index contributed by atoms with van der Waals surface area (Å²) in [6, 6.07) is 9.04. The van der Waals surface area contributed by atoms with Crippen LogP contribution in [0.2, 0.25) is 0 Å². The van der Waals surface area contributed by atoms with Crippen molar-refractivity contribution in [1.82, 2.24) is 10.3 Å². The smallest absolute Gasteiger partial charge is 0.0706 e. The van der Waals surface area contributed by atoms with Crippen molar-refractivity contribution in [3.63, 3.8) is 0 Å². The molecule has 0 spiro atoms. The quantitative estimate of drug-likeness (QED) is 0.933. The Bertz CT molecular complexity index is 615. The first kappa shape index (κ1) is 14.3. The summed E-state index contributed by atoms with van der Waals surface area (Å²) >= 11 is 0.